The number of sulfonamides is 1. The highest BCUT2D eigenvalue weighted by Gasteiger charge is 2.08. The van der Waals surface area contributed by atoms with E-state index in [-0.39, 0.29) is 5.75 Å². The molecule has 0 aliphatic carbocycles. The average Bonchev–Trinajstić information content (AvgIpc) is 2.66. The molecule has 6 nitrogen and oxygen atoms in total. The normalized spacial score (nSPS) is 12.1. The van der Waals surface area contributed by atoms with E-state index in [1.54, 1.807) is 24.3 Å². The molecule has 0 heterocycles. The van der Waals surface area contributed by atoms with Crippen LogP contribution in [0.2, 0.25) is 10.0 Å². The minimum absolute atomic E-state index is 0.0426. The maximum absolute atomic E-state index is 11.6. The standard InChI is InChI=1S/C19H24Cl2N4O2S/c1-3-23-19(25-12-16-8-9-17(20)10-18(16)21)24-11-14-4-6-15(7-5-14)13-28(26,27)22-2/h4-10,22H,3,11-13H2,1-2H3,(H2,23,24,25). The molecule has 0 aliphatic rings. The second-order valence-corrected chi connectivity index (χ2v) is 8.83. The quantitative estimate of drug-likeness (QED) is 0.432. The van der Waals surface area contributed by atoms with Crippen LogP contribution in [-0.2, 0) is 28.9 Å². The van der Waals surface area contributed by atoms with Crippen LogP contribution in [-0.4, -0.2) is 28.0 Å². The number of aliphatic imine (C=N–C) groups is 1. The fraction of sp³-hybridized carbons (Fsp3) is 0.316. The number of hydrogen-bond acceptors (Lipinski definition) is 3. The molecule has 0 amide bonds. The van der Waals surface area contributed by atoms with Crippen molar-refractivity contribution in [2.75, 3.05) is 13.6 Å². The molecule has 0 aromatic heterocycles. The first-order chi connectivity index (χ1) is 13.3. The predicted octanol–water partition coefficient (Wildman–Crippen LogP) is 3.30. The smallest absolute Gasteiger partial charge is 0.215 e. The van der Waals surface area contributed by atoms with Crippen molar-refractivity contribution < 1.29 is 8.42 Å². The van der Waals surface area contributed by atoms with E-state index in [2.05, 4.69) is 20.3 Å². The summed E-state index contributed by atoms with van der Waals surface area (Å²) in [6.07, 6.45) is 0. The largest absolute Gasteiger partial charge is 0.357 e. The van der Waals surface area contributed by atoms with Crippen molar-refractivity contribution in [2.24, 2.45) is 4.99 Å². The van der Waals surface area contributed by atoms with Crippen LogP contribution >= 0.6 is 23.2 Å². The summed E-state index contributed by atoms with van der Waals surface area (Å²) in [5.41, 5.74) is 2.63. The van der Waals surface area contributed by atoms with Gasteiger partial charge in [-0.1, -0.05) is 53.5 Å². The van der Waals surface area contributed by atoms with Gasteiger partial charge in [0.15, 0.2) is 5.96 Å². The first-order valence-electron chi connectivity index (χ1n) is 8.78. The molecule has 0 saturated heterocycles. The zero-order valence-corrected chi connectivity index (χ0v) is 18.1. The van der Waals surface area contributed by atoms with Crippen molar-refractivity contribution >= 4 is 39.2 Å². The molecule has 0 atom stereocenters. The highest BCUT2D eigenvalue weighted by atomic mass is 35.5. The van der Waals surface area contributed by atoms with Crippen molar-refractivity contribution in [3.05, 3.63) is 69.2 Å². The zero-order chi connectivity index (χ0) is 20.6. The van der Waals surface area contributed by atoms with E-state index < -0.39 is 10.0 Å². The van der Waals surface area contributed by atoms with Gasteiger partial charge in [-0.2, -0.15) is 0 Å². The summed E-state index contributed by atoms with van der Waals surface area (Å²) in [6.45, 7) is 3.69. The molecule has 0 unspecified atom stereocenters. The molecule has 0 radical (unpaired) electrons. The summed E-state index contributed by atoms with van der Waals surface area (Å²) in [6, 6.07) is 12.7. The molecule has 0 spiro atoms. The van der Waals surface area contributed by atoms with Crippen molar-refractivity contribution in [3.63, 3.8) is 0 Å². The molecule has 3 N–H and O–H groups in total. The summed E-state index contributed by atoms with van der Waals surface area (Å²) < 4.78 is 25.5. The lowest BCUT2D eigenvalue weighted by molar-refractivity contribution is 0.587. The number of halogens is 2. The number of nitrogens with one attached hydrogen (secondary N) is 3. The lowest BCUT2D eigenvalue weighted by Crippen LogP contribution is -2.36. The van der Waals surface area contributed by atoms with Gasteiger partial charge in [0, 0.05) is 23.1 Å². The lowest BCUT2D eigenvalue weighted by Gasteiger charge is -2.12. The molecule has 0 bridgehead atoms. The number of nitrogens with zero attached hydrogens (tertiary/aromatic N) is 1. The molecule has 0 aliphatic heterocycles. The van der Waals surface area contributed by atoms with Gasteiger partial charge in [-0.3, -0.25) is 0 Å². The summed E-state index contributed by atoms with van der Waals surface area (Å²) >= 11 is 12.1. The fourth-order valence-corrected chi connectivity index (χ4v) is 3.64. The highest BCUT2D eigenvalue weighted by Crippen LogP contribution is 2.20. The van der Waals surface area contributed by atoms with Crippen LogP contribution < -0.4 is 15.4 Å². The van der Waals surface area contributed by atoms with E-state index in [1.807, 2.05) is 25.1 Å². The predicted molar refractivity (Wildman–Crippen MR) is 116 cm³/mol. The monoisotopic (exact) mass is 442 g/mol. The first kappa shape index (κ1) is 22.5. The third-order valence-electron chi connectivity index (χ3n) is 3.92. The van der Waals surface area contributed by atoms with Gasteiger partial charge < -0.3 is 10.6 Å². The molecule has 2 rings (SSSR count). The van der Waals surface area contributed by atoms with Crippen molar-refractivity contribution in [3.8, 4) is 0 Å². The fourth-order valence-electron chi connectivity index (χ4n) is 2.39. The van der Waals surface area contributed by atoms with E-state index in [9.17, 15) is 8.42 Å². The first-order valence-corrected chi connectivity index (χ1v) is 11.2. The van der Waals surface area contributed by atoms with Crippen LogP contribution in [0.5, 0.6) is 0 Å². The van der Waals surface area contributed by atoms with Crippen molar-refractivity contribution in [1.82, 2.24) is 15.4 Å². The second-order valence-electron chi connectivity index (χ2n) is 6.06. The molecule has 28 heavy (non-hydrogen) atoms. The van der Waals surface area contributed by atoms with Gasteiger partial charge in [0.05, 0.1) is 12.3 Å². The van der Waals surface area contributed by atoms with E-state index in [0.717, 1.165) is 23.2 Å². The average molecular weight is 443 g/mol. The van der Waals surface area contributed by atoms with E-state index in [4.69, 9.17) is 23.2 Å². The Hall–Kier alpha value is -1.80. The Morgan fingerprint density at radius 3 is 2.32 bits per heavy atom. The van der Waals surface area contributed by atoms with Crippen molar-refractivity contribution in [2.45, 2.75) is 25.8 Å². The van der Waals surface area contributed by atoms with Crippen LogP contribution in [0.15, 0.2) is 47.5 Å². The molecule has 152 valence electrons. The van der Waals surface area contributed by atoms with Gasteiger partial charge in [0.1, 0.15) is 0 Å². The molecule has 2 aromatic carbocycles. The van der Waals surface area contributed by atoms with Crippen LogP contribution in [0.3, 0.4) is 0 Å². The van der Waals surface area contributed by atoms with E-state index in [1.165, 1.54) is 7.05 Å². The van der Waals surface area contributed by atoms with Gasteiger partial charge in [-0.15, -0.1) is 0 Å². The Labute approximate surface area is 176 Å². The number of guanidine groups is 1. The van der Waals surface area contributed by atoms with Crippen LogP contribution in [0.4, 0.5) is 0 Å². The van der Waals surface area contributed by atoms with E-state index >= 15 is 0 Å². The number of benzene rings is 2. The van der Waals surface area contributed by atoms with Gasteiger partial charge in [0.2, 0.25) is 10.0 Å². The second kappa shape index (κ2) is 10.7. The summed E-state index contributed by atoms with van der Waals surface area (Å²) in [7, 11) is -1.87. The third-order valence-corrected chi connectivity index (χ3v) is 5.84. The molecule has 2 aromatic rings. The topological polar surface area (TPSA) is 82.6 Å². The minimum atomic E-state index is -3.28. The molecule has 0 fully saturated rings. The maximum Gasteiger partial charge on any atom is 0.215 e. The van der Waals surface area contributed by atoms with Gasteiger partial charge in [0.25, 0.3) is 0 Å². The summed E-state index contributed by atoms with van der Waals surface area (Å²) in [5.74, 6) is 0.620. The highest BCUT2D eigenvalue weighted by molar-refractivity contribution is 7.88. The van der Waals surface area contributed by atoms with Crippen LogP contribution in [0.1, 0.15) is 23.6 Å². The Bertz CT molecular complexity index is 916. The minimum Gasteiger partial charge on any atom is -0.357 e. The Balaban J connectivity index is 1.99. The van der Waals surface area contributed by atoms with Crippen LogP contribution in [0, 0.1) is 0 Å². The van der Waals surface area contributed by atoms with Crippen molar-refractivity contribution in [1.29, 1.82) is 0 Å². The molecule has 0 saturated carbocycles. The third kappa shape index (κ3) is 7.31. The number of rotatable bonds is 8. The number of hydrogen-bond donors (Lipinski definition) is 3. The summed E-state index contributed by atoms with van der Waals surface area (Å²) in [5, 5.41) is 7.62. The zero-order valence-electron chi connectivity index (χ0n) is 15.8. The SMILES string of the molecule is CCNC(=NCc1ccc(CS(=O)(=O)NC)cc1)NCc1ccc(Cl)cc1Cl. The maximum atomic E-state index is 11.6. The summed E-state index contributed by atoms with van der Waals surface area (Å²) in [4.78, 5) is 4.56. The van der Waals surface area contributed by atoms with Gasteiger partial charge in [-0.25, -0.2) is 18.1 Å². The van der Waals surface area contributed by atoms with Gasteiger partial charge in [-0.05, 0) is 42.8 Å². The van der Waals surface area contributed by atoms with E-state index in [0.29, 0.717) is 29.1 Å². The molecular formula is C19H24Cl2N4O2S. The Morgan fingerprint density at radius 2 is 1.71 bits per heavy atom. The molecular weight excluding hydrogens is 419 g/mol. The van der Waals surface area contributed by atoms with Gasteiger partial charge >= 0.3 is 0 Å². The lowest BCUT2D eigenvalue weighted by atomic mass is 10.1. The Morgan fingerprint density at radius 1 is 1.04 bits per heavy atom. The molecule has 9 heteroatoms. The van der Waals surface area contributed by atoms with Crippen LogP contribution in [0.25, 0.3) is 0 Å². The Kier molecular flexibility index (Phi) is 8.57.